The molecule has 0 bridgehead atoms. The van der Waals surface area contributed by atoms with Gasteiger partial charge in [-0.25, -0.2) is 4.68 Å². The van der Waals surface area contributed by atoms with E-state index in [9.17, 15) is 0 Å². The van der Waals surface area contributed by atoms with Crippen LogP contribution < -0.4 is 5.73 Å². The summed E-state index contributed by atoms with van der Waals surface area (Å²) >= 11 is 6.09. The van der Waals surface area contributed by atoms with E-state index < -0.39 is 0 Å². The van der Waals surface area contributed by atoms with Crippen molar-refractivity contribution in [1.29, 1.82) is 5.26 Å². The third kappa shape index (κ3) is 1.62. The Balaban J connectivity index is 2.60. The van der Waals surface area contributed by atoms with Crippen molar-refractivity contribution in [2.45, 2.75) is 6.92 Å². The quantitative estimate of drug-likeness (QED) is 0.820. The summed E-state index contributed by atoms with van der Waals surface area (Å²) in [5.41, 5.74) is 7.84. The predicted molar refractivity (Wildman–Crippen MR) is 62.4 cm³/mol. The van der Waals surface area contributed by atoms with Crippen molar-refractivity contribution in [3.05, 3.63) is 40.5 Å². The molecule has 0 atom stereocenters. The Hall–Kier alpha value is -1.99. The van der Waals surface area contributed by atoms with Gasteiger partial charge in [-0.15, -0.1) is 0 Å². The first-order valence-electron chi connectivity index (χ1n) is 4.63. The van der Waals surface area contributed by atoms with Gasteiger partial charge in [0.15, 0.2) is 0 Å². The summed E-state index contributed by atoms with van der Waals surface area (Å²) in [5.74, 6) is 0.299. The van der Waals surface area contributed by atoms with E-state index in [1.54, 1.807) is 0 Å². The Morgan fingerprint density at radius 1 is 1.50 bits per heavy atom. The SMILES string of the molecule is Cc1ccc(-n2ncc(C#N)c2N)c(Cl)c1. The number of nitriles is 1. The molecule has 0 saturated heterocycles. The van der Waals surface area contributed by atoms with Gasteiger partial charge in [0, 0.05) is 0 Å². The van der Waals surface area contributed by atoms with Gasteiger partial charge in [-0.1, -0.05) is 17.7 Å². The van der Waals surface area contributed by atoms with Crippen molar-refractivity contribution >= 4 is 17.4 Å². The maximum Gasteiger partial charge on any atom is 0.145 e. The van der Waals surface area contributed by atoms with Gasteiger partial charge in [-0.05, 0) is 24.6 Å². The molecule has 0 amide bonds. The molecule has 0 aliphatic rings. The lowest BCUT2D eigenvalue weighted by Crippen LogP contribution is -2.03. The summed E-state index contributed by atoms with van der Waals surface area (Å²) in [6, 6.07) is 7.52. The van der Waals surface area contributed by atoms with Crippen LogP contribution in [0.5, 0.6) is 0 Å². The molecule has 2 rings (SSSR count). The van der Waals surface area contributed by atoms with Crippen molar-refractivity contribution in [2.75, 3.05) is 5.73 Å². The minimum Gasteiger partial charge on any atom is -0.382 e. The average molecular weight is 233 g/mol. The van der Waals surface area contributed by atoms with Crippen LogP contribution in [0.3, 0.4) is 0 Å². The Morgan fingerprint density at radius 3 is 2.81 bits per heavy atom. The van der Waals surface area contributed by atoms with E-state index in [2.05, 4.69) is 5.10 Å². The standard InChI is InChI=1S/C11H9ClN4/c1-7-2-3-10(9(12)4-7)16-11(14)8(5-13)6-15-16/h2-4,6H,14H2,1H3. The minimum atomic E-state index is 0.299. The van der Waals surface area contributed by atoms with Crippen LogP contribution in [-0.2, 0) is 0 Å². The van der Waals surface area contributed by atoms with E-state index in [0.717, 1.165) is 5.56 Å². The molecule has 1 aromatic heterocycles. The number of halogens is 1. The van der Waals surface area contributed by atoms with Crippen LogP contribution in [0.1, 0.15) is 11.1 Å². The number of nitrogen functional groups attached to an aromatic ring is 1. The van der Waals surface area contributed by atoms with Crippen molar-refractivity contribution in [3.8, 4) is 11.8 Å². The van der Waals surface area contributed by atoms with Gasteiger partial charge in [-0.3, -0.25) is 0 Å². The third-order valence-electron chi connectivity index (χ3n) is 2.26. The van der Waals surface area contributed by atoms with Crippen LogP contribution in [0.4, 0.5) is 5.82 Å². The Bertz CT molecular complexity index is 580. The van der Waals surface area contributed by atoms with Crippen molar-refractivity contribution in [3.63, 3.8) is 0 Å². The highest BCUT2D eigenvalue weighted by Crippen LogP contribution is 2.24. The van der Waals surface area contributed by atoms with Gasteiger partial charge in [0.25, 0.3) is 0 Å². The Kier molecular flexibility index (Phi) is 2.55. The van der Waals surface area contributed by atoms with Crippen molar-refractivity contribution in [1.82, 2.24) is 9.78 Å². The number of nitrogens with two attached hydrogens (primary N) is 1. The smallest absolute Gasteiger partial charge is 0.145 e. The fourth-order valence-corrected chi connectivity index (χ4v) is 1.73. The lowest BCUT2D eigenvalue weighted by atomic mass is 10.2. The predicted octanol–water partition coefficient (Wildman–Crippen LogP) is 2.29. The highest BCUT2D eigenvalue weighted by atomic mass is 35.5. The number of benzene rings is 1. The first-order chi connectivity index (χ1) is 7.63. The normalized spacial score (nSPS) is 10.1. The largest absolute Gasteiger partial charge is 0.382 e. The molecule has 16 heavy (non-hydrogen) atoms. The molecule has 2 N–H and O–H groups in total. The monoisotopic (exact) mass is 232 g/mol. The van der Waals surface area contributed by atoms with Crippen LogP contribution in [0.2, 0.25) is 5.02 Å². The number of aromatic nitrogens is 2. The maximum absolute atomic E-state index is 8.78. The summed E-state index contributed by atoms with van der Waals surface area (Å²) in [6.45, 7) is 1.95. The summed E-state index contributed by atoms with van der Waals surface area (Å²) in [5, 5.41) is 13.4. The first-order valence-corrected chi connectivity index (χ1v) is 5.01. The van der Waals surface area contributed by atoms with Gasteiger partial charge in [0.2, 0.25) is 0 Å². The highest BCUT2D eigenvalue weighted by molar-refractivity contribution is 6.32. The number of hydrogen-bond acceptors (Lipinski definition) is 3. The molecule has 0 radical (unpaired) electrons. The molecule has 1 heterocycles. The van der Waals surface area contributed by atoms with E-state index in [4.69, 9.17) is 22.6 Å². The fraction of sp³-hybridized carbons (Fsp3) is 0.0909. The van der Waals surface area contributed by atoms with Gasteiger partial charge in [0.05, 0.1) is 16.9 Å². The first kappa shape index (κ1) is 10.5. The van der Waals surface area contributed by atoms with E-state index in [1.165, 1.54) is 10.9 Å². The molecule has 2 aromatic rings. The lowest BCUT2D eigenvalue weighted by molar-refractivity contribution is 0.891. The lowest BCUT2D eigenvalue weighted by Gasteiger charge is -2.06. The molecule has 0 aliphatic heterocycles. The summed E-state index contributed by atoms with van der Waals surface area (Å²) < 4.78 is 1.46. The minimum absolute atomic E-state index is 0.299. The number of rotatable bonds is 1. The molecule has 0 aliphatic carbocycles. The van der Waals surface area contributed by atoms with E-state index >= 15 is 0 Å². The molecule has 5 heteroatoms. The molecule has 0 unspecified atom stereocenters. The number of aryl methyl sites for hydroxylation is 1. The molecular formula is C11H9ClN4. The van der Waals surface area contributed by atoms with Gasteiger partial charge >= 0.3 is 0 Å². The highest BCUT2D eigenvalue weighted by Gasteiger charge is 2.10. The van der Waals surface area contributed by atoms with Crippen LogP contribution in [0.15, 0.2) is 24.4 Å². The maximum atomic E-state index is 8.78. The second-order valence-corrected chi connectivity index (χ2v) is 3.83. The van der Waals surface area contributed by atoms with Crippen LogP contribution >= 0.6 is 11.6 Å². The number of nitrogens with zero attached hydrogens (tertiary/aromatic N) is 3. The van der Waals surface area contributed by atoms with E-state index in [0.29, 0.717) is 22.1 Å². The van der Waals surface area contributed by atoms with Crippen LogP contribution in [0, 0.1) is 18.3 Å². The van der Waals surface area contributed by atoms with Crippen LogP contribution in [-0.4, -0.2) is 9.78 Å². The fourth-order valence-electron chi connectivity index (χ4n) is 1.42. The molecule has 80 valence electrons. The Morgan fingerprint density at radius 2 is 2.25 bits per heavy atom. The van der Waals surface area contributed by atoms with Crippen molar-refractivity contribution in [2.24, 2.45) is 0 Å². The third-order valence-corrected chi connectivity index (χ3v) is 2.56. The molecule has 0 fully saturated rings. The molecule has 4 nitrogen and oxygen atoms in total. The summed E-state index contributed by atoms with van der Waals surface area (Å²) in [6.07, 6.45) is 1.42. The Labute approximate surface area is 97.9 Å². The second kappa shape index (κ2) is 3.87. The zero-order valence-corrected chi connectivity index (χ0v) is 9.36. The van der Waals surface area contributed by atoms with E-state index in [-0.39, 0.29) is 0 Å². The van der Waals surface area contributed by atoms with Gasteiger partial charge in [-0.2, -0.15) is 10.4 Å². The van der Waals surface area contributed by atoms with E-state index in [1.807, 2.05) is 31.2 Å². The zero-order valence-electron chi connectivity index (χ0n) is 8.61. The molecule has 0 saturated carbocycles. The molecule has 0 spiro atoms. The van der Waals surface area contributed by atoms with Gasteiger partial charge in [0.1, 0.15) is 17.5 Å². The van der Waals surface area contributed by atoms with Crippen molar-refractivity contribution < 1.29 is 0 Å². The number of hydrogen-bond donors (Lipinski definition) is 1. The summed E-state index contributed by atoms with van der Waals surface area (Å²) in [7, 11) is 0. The number of anilines is 1. The van der Waals surface area contributed by atoms with Gasteiger partial charge < -0.3 is 5.73 Å². The van der Waals surface area contributed by atoms with Crippen LogP contribution in [0.25, 0.3) is 5.69 Å². The zero-order chi connectivity index (χ0) is 11.7. The summed E-state index contributed by atoms with van der Waals surface area (Å²) in [4.78, 5) is 0. The second-order valence-electron chi connectivity index (χ2n) is 3.42. The molecular weight excluding hydrogens is 224 g/mol. The molecule has 1 aromatic carbocycles. The average Bonchev–Trinajstić information content (AvgIpc) is 2.60. The topological polar surface area (TPSA) is 67.6 Å².